The Morgan fingerprint density at radius 3 is 1.08 bits per heavy atom. The van der Waals surface area contributed by atoms with Crippen LogP contribution in [0.25, 0.3) is 0 Å². The van der Waals surface area contributed by atoms with Crippen LogP contribution in [-0.4, -0.2) is 91.4 Å². The standard InChI is InChI=1S/Mg.Nb.4H2O.2O.2Pb.Ti.Zr.6H/h;;4*1H2;;;;;;;;;;;;/q;;;;;;;;;;2*+2;;;;;;/p-4. The summed E-state index contributed by atoms with van der Waals surface area (Å²) in [6.45, 7) is 0. The molecule has 0 spiro atoms. The second-order valence-corrected chi connectivity index (χ2v) is 2.84. The molecule has 69 valence electrons. The van der Waals surface area contributed by atoms with E-state index in [0.29, 0.717) is 0 Å². The molecule has 0 saturated heterocycles. The molecule has 0 aromatic heterocycles. The fraction of sp³-hybridized carbons (Fsp3) is 0. The molecule has 0 fully saturated rings. The van der Waals surface area contributed by atoms with Gasteiger partial charge in [0.25, 0.3) is 0 Å². The van der Waals surface area contributed by atoms with Crippen LogP contribution in [0.1, 0.15) is 0 Å². The Hall–Kier alpha value is 4.39. The van der Waals surface area contributed by atoms with Crippen molar-refractivity contribution in [2.24, 2.45) is 0 Å². The molecule has 0 saturated carbocycles. The molecule has 0 amide bonds. The summed E-state index contributed by atoms with van der Waals surface area (Å²) >= 11 is -7.38. The zero-order valence-electron chi connectivity index (χ0n) is 5.47. The van der Waals surface area contributed by atoms with Crippen molar-refractivity contribution in [1.29, 1.82) is 0 Å². The van der Waals surface area contributed by atoms with Crippen molar-refractivity contribution in [3.63, 3.8) is 0 Å². The number of hydrogen-bond donors (Lipinski definition) is 4. The third-order valence-electron chi connectivity index (χ3n) is 0. The predicted molar refractivity (Wildman–Crippen MR) is 35.9 cm³/mol. The zero-order chi connectivity index (χ0) is 7.15. The molecule has 0 aromatic carbocycles. The Kier molecular flexibility index (Phi) is 88.5. The molecule has 0 heterocycles. The summed E-state index contributed by atoms with van der Waals surface area (Å²) in [5.41, 5.74) is 0. The van der Waals surface area contributed by atoms with Gasteiger partial charge >= 0.3 is 139 Å². The molecule has 12 heteroatoms. The second kappa shape index (κ2) is 29.5. The van der Waals surface area contributed by atoms with Gasteiger partial charge in [0.05, 0.1) is 0 Å². The fourth-order valence-corrected chi connectivity index (χ4v) is 0. The molecule has 0 aliphatic carbocycles. The van der Waals surface area contributed by atoms with Crippen LogP contribution in [0.4, 0.5) is 0 Å². The maximum absolute atomic E-state index is 8.84. The van der Waals surface area contributed by atoms with Crippen molar-refractivity contribution in [1.82, 2.24) is 0 Å². The van der Waals surface area contributed by atoms with Gasteiger partial charge in [-0.3, -0.25) is 0 Å². The molecule has 0 bridgehead atoms. The predicted octanol–water partition coefficient (Wildman–Crippen LogP) is -5.22. The molecular formula is H10MgNbO6Pb2TiZr. The summed E-state index contributed by atoms with van der Waals surface area (Å²) in [6, 6.07) is 0. The van der Waals surface area contributed by atoms with E-state index >= 15 is 0 Å². The van der Waals surface area contributed by atoms with Crippen molar-refractivity contribution >= 4 is 77.7 Å². The first kappa shape index (κ1) is 36.0. The normalized spacial score (nSPS) is 4.33. The average Bonchev–Trinajstić information content (AvgIpc) is 1.25. The summed E-state index contributed by atoms with van der Waals surface area (Å²) in [5.74, 6) is 0. The van der Waals surface area contributed by atoms with Gasteiger partial charge in [-0.2, -0.15) is 0 Å². The van der Waals surface area contributed by atoms with Crippen LogP contribution in [0.15, 0.2) is 0 Å². The van der Waals surface area contributed by atoms with Gasteiger partial charge in [-0.1, -0.05) is 0 Å². The molecule has 5 radical (unpaired) electrons. The molecule has 0 unspecified atom stereocenters. The molecule has 0 rings (SSSR count). The van der Waals surface area contributed by atoms with E-state index in [4.69, 9.17) is 19.9 Å². The SMILES string of the molecule is [MgH2].[Nb].[O]=[Ti]([OH])[OH].[O]=[Zr]([OH])[OH].[PbH2].[PbH2]. The Morgan fingerprint density at radius 2 is 1.08 bits per heavy atom. The van der Waals surface area contributed by atoms with Crippen molar-refractivity contribution in [3.05, 3.63) is 0 Å². The van der Waals surface area contributed by atoms with Crippen LogP contribution in [-0.2, 0) is 69.8 Å². The van der Waals surface area contributed by atoms with E-state index in [1.807, 2.05) is 0 Å². The Balaban J connectivity index is -0.0000000112. The summed E-state index contributed by atoms with van der Waals surface area (Å²) < 4.78 is 46.6. The first-order valence-corrected chi connectivity index (χ1v) is 6.54. The van der Waals surface area contributed by atoms with E-state index in [0.717, 1.165) is 0 Å². The molecule has 4 N–H and O–H groups in total. The Labute approximate surface area is 157 Å². The van der Waals surface area contributed by atoms with Gasteiger partial charge in [-0.25, -0.2) is 0 Å². The van der Waals surface area contributed by atoms with Crippen LogP contribution in [0, 0.1) is 0 Å². The fourth-order valence-electron chi connectivity index (χ4n) is 0. The van der Waals surface area contributed by atoms with Crippen LogP contribution >= 0.6 is 0 Å². The quantitative estimate of drug-likeness (QED) is 0.183. The van der Waals surface area contributed by atoms with Gasteiger partial charge in [0.15, 0.2) is 0 Å². The van der Waals surface area contributed by atoms with Gasteiger partial charge in [-0.15, -0.1) is 0 Å². The van der Waals surface area contributed by atoms with Crippen molar-refractivity contribution in [2.75, 3.05) is 0 Å². The third-order valence-corrected chi connectivity index (χ3v) is 0. The van der Waals surface area contributed by atoms with Gasteiger partial charge in [0, 0.05) is 22.4 Å². The van der Waals surface area contributed by atoms with E-state index < -0.39 is 41.3 Å². The minimum absolute atomic E-state index is 0. The van der Waals surface area contributed by atoms with Gasteiger partial charge in [0.1, 0.15) is 0 Å². The van der Waals surface area contributed by atoms with Crippen molar-refractivity contribution in [2.45, 2.75) is 0 Å². The minimum atomic E-state index is -3.79. The summed E-state index contributed by atoms with van der Waals surface area (Å²) in [5, 5.41) is 0. The Bertz CT molecular complexity index is 83.5. The molecule has 0 aliphatic rings. The van der Waals surface area contributed by atoms with E-state index in [1.54, 1.807) is 0 Å². The molecule has 12 heavy (non-hydrogen) atoms. The van der Waals surface area contributed by atoms with Gasteiger partial charge in [-0.05, 0) is 0 Å². The first-order valence-electron chi connectivity index (χ1n) is 1.30. The van der Waals surface area contributed by atoms with Crippen LogP contribution in [0.2, 0.25) is 0 Å². The van der Waals surface area contributed by atoms with Crippen LogP contribution in [0.3, 0.4) is 0 Å². The maximum atomic E-state index is 8.84. The first-order chi connectivity index (χ1) is 3.46. The molecule has 0 atom stereocenters. The van der Waals surface area contributed by atoms with E-state index in [1.165, 1.54) is 0 Å². The van der Waals surface area contributed by atoms with Crippen LogP contribution in [0.5, 0.6) is 0 Å². The number of hydrogen-bond acceptors (Lipinski definition) is 2. The zero-order valence-corrected chi connectivity index (χ0v) is 22.7. The van der Waals surface area contributed by atoms with E-state index in [-0.39, 0.29) is 100 Å². The average molecular weight is 777 g/mol. The summed E-state index contributed by atoms with van der Waals surface area (Å²) in [6.07, 6.45) is 0. The summed E-state index contributed by atoms with van der Waals surface area (Å²) in [4.78, 5) is 0. The molecular weight excluding hydrogens is 767 g/mol. The Morgan fingerprint density at radius 1 is 1.08 bits per heavy atom. The second-order valence-electron chi connectivity index (χ2n) is 0.565. The van der Waals surface area contributed by atoms with Gasteiger partial charge in [0.2, 0.25) is 0 Å². The van der Waals surface area contributed by atoms with Crippen molar-refractivity contribution in [3.8, 4) is 0 Å². The van der Waals surface area contributed by atoms with Gasteiger partial charge < -0.3 is 0 Å². The summed E-state index contributed by atoms with van der Waals surface area (Å²) in [7, 11) is 0. The molecule has 6 nitrogen and oxygen atoms in total. The monoisotopic (exact) mass is 777 g/mol. The number of rotatable bonds is 0. The molecule has 0 aromatic rings. The third kappa shape index (κ3) is 134. The topological polar surface area (TPSA) is 115 Å². The molecule has 0 aliphatic heterocycles. The van der Waals surface area contributed by atoms with E-state index in [2.05, 4.69) is 0 Å². The van der Waals surface area contributed by atoms with Crippen molar-refractivity contribution < 1.29 is 83.5 Å². The van der Waals surface area contributed by atoms with E-state index in [9.17, 15) is 0 Å². The van der Waals surface area contributed by atoms with Crippen LogP contribution < -0.4 is 0 Å².